The van der Waals surface area contributed by atoms with Crippen molar-refractivity contribution in [3.63, 3.8) is 0 Å². The molecule has 1 saturated heterocycles. The molecule has 2 amide bonds. The monoisotopic (exact) mass is 635 g/mol. The number of ketones is 1. The molecule has 8 nitrogen and oxygen atoms in total. The van der Waals surface area contributed by atoms with Crippen molar-refractivity contribution in [2.75, 3.05) is 6.61 Å². The van der Waals surface area contributed by atoms with Crippen LogP contribution in [-0.4, -0.2) is 63.0 Å². The van der Waals surface area contributed by atoms with Gasteiger partial charge in [-0.15, -0.1) is 0 Å². The maximum absolute atomic E-state index is 14.2. The SMILES string of the molecule is CC(C)[C@H]1N(C(=O)[C@H](Cc2ccccc2)[C@H]2O[C@@](O)(CCCCCCCCCCO)C(Br)=CC2=O)C(=O)OC1(C)C. The molecule has 228 valence electrons. The average molecular weight is 637 g/mol. The van der Waals surface area contributed by atoms with E-state index in [-0.39, 0.29) is 29.8 Å². The second kappa shape index (κ2) is 14.9. The van der Waals surface area contributed by atoms with Crippen molar-refractivity contribution in [2.45, 2.75) is 115 Å². The lowest BCUT2D eigenvalue weighted by atomic mass is 9.85. The molecule has 2 N–H and O–H groups in total. The van der Waals surface area contributed by atoms with Crippen molar-refractivity contribution in [2.24, 2.45) is 11.8 Å². The third-order valence-electron chi connectivity index (χ3n) is 8.06. The molecule has 0 aromatic heterocycles. The first kappa shape index (κ1) is 33.4. The number of aliphatic hydroxyl groups is 2. The first-order chi connectivity index (χ1) is 19.4. The van der Waals surface area contributed by atoms with E-state index in [0.717, 1.165) is 55.4 Å². The third-order valence-corrected chi connectivity index (χ3v) is 8.90. The Labute approximate surface area is 252 Å². The fourth-order valence-corrected chi connectivity index (χ4v) is 6.61. The van der Waals surface area contributed by atoms with Gasteiger partial charge in [0.1, 0.15) is 11.7 Å². The molecule has 3 rings (SSSR count). The van der Waals surface area contributed by atoms with Crippen molar-refractivity contribution in [3.8, 4) is 0 Å². The Hall–Kier alpha value is -2.07. The highest BCUT2D eigenvalue weighted by Crippen LogP contribution is 2.40. The van der Waals surface area contributed by atoms with Crippen molar-refractivity contribution in [3.05, 3.63) is 46.5 Å². The molecule has 0 unspecified atom stereocenters. The molecule has 0 bridgehead atoms. The molecular formula is C32H46BrNO7. The van der Waals surface area contributed by atoms with Crippen LogP contribution >= 0.6 is 15.9 Å². The highest BCUT2D eigenvalue weighted by atomic mass is 79.9. The van der Waals surface area contributed by atoms with Crippen LogP contribution in [0.4, 0.5) is 4.79 Å². The topological polar surface area (TPSA) is 113 Å². The first-order valence-electron chi connectivity index (χ1n) is 14.9. The molecule has 1 aromatic rings. The molecule has 0 spiro atoms. The molecule has 2 heterocycles. The van der Waals surface area contributed by atoms with E-state index in [9.17, 15) is 19.5 Å². The Bertz CT molecular complexity index is 1070. The van der Waals surface area contributed by atoms with Crippen molar-refractivity contribution in [1.29, 1.82) is 0 Å². The van der Waals surface area contributed by atoms with E-state index in [1.165, 1.54) is 6.08 Å². The number of cyclic esters (lactones) is 1. The zero-order valence-corrected chi connectivity index (χ0v) is 26.4. The van der Waals surface area contributed by atoms with Crippen LogP contribution in [0, 0.1) is 11.8 Å². The highest BCUT2D eigenvalue weighted by Gasteiger charge is 2.55. The van der Waals surface area contributed by atoms with Crippen LogP contribution in [-0.2, 0) is 25.5 Å². The van der Waals surface area contributed by atoms with Crippen LogP contribution in [0.5, 0.6) is 0 Å². The Morgan fingerprint density at radius 2 is 1.59 bits per heavy atom. The summed E-state index contributed by atoms with van der Waals surface area (Å²) in [5, 5.41) is 20.4. The van der Waals surface area contributed by atoms with Gasteiger partial charge in [0, 0.05) is 13.0 Å². The summed E-state index contributed by atoms with van der Waals surface area (Å²) in [6.07, 6.45) is 7.46. The average Bonchev–Trinajstić information content (AvgIpc) is 3.17. The molecular weight excluding hydrogens is 590 g/mol. The number of amides is 2. The zero-order valence-electron chi connectivity index (χ0n) is 24.8. The van der Waals surface area contributed by atoms with Crippen LogP contribution < -0.4 is 0 Å². The summed E-state index contributed by atoms with van der Waals surface area (Å²) in [6, 6.07) is 8.77. The van der Waals surface area contributed by atoms with Gasteiger partial charge in [0.2, 0.25) is 5.91 Å². The van der Waals surface area contributed by atoms with Crippen molar-refractivity contribution < 1.29 is 34.1 Å². The first-order valence-corrected chi connectivity index (χ1v) is 15.7. The minimum atomic E-state index is -1.75. The predicted molar refractivity (Wildman–Crippen MR) is 160 cm³/mol. The molecule has 1 aromatic carbocycles. The van der Waals surface area contributed by atoms with Gasteiger partial charge in [-0.3, -0.25) is 9.59 Å². The molecule has 41 heavy (non-hydrogen) atoms. The van der Waals surface area contributed by atoms with Crippen LogP contribution in [0.3, 0.4) is 0 Å². The normalized spacial score (nSPS) is 24.9. The molecule has 0 aliphatic carbocycles. The molecule has 2 aliphatic rings. The number of unbranched alkanes of at least 4 members (excludes halogenated alkanes) is 7. The van der Waals surface area contributed by atoms with Gasteiger partial charge in [-0.05, 0) is 66.6 Å². The fraction of sp³-hybridized carbons (Fsp3) is 0.656. The van der Waals surface area contributed by atoms with E-state index in [4.69, 9.17) is 14.6 Å². The number of benzene rings is 1. The summed E-state index contributed by atoms with van der Waals surface area (Å²) < 4.78 is 12.0. The van der Waals surface area contributed by atoms with Gasteiger partial charge in [0.25, 0.3) is 0 Å². The van der Waals surface area contributed by atoms with Gasteiger partial charge in [0.05, 0.1) is 16.4 Å². The Morgan fingerprint density at radius 3 is 2.17 bits per heavy atom. The number of hydrogen-bond acceptors (Lipinski definition) is 7. The van der Waals surface area contributed by atoms with E-state index < -0.39 is 47.2 Å². The van der Waals surface area contributed by atoms with Gasteiger partial charge >= 0.3 is 6.09 Å². The van der Waals surface area contributed by atoms with Gasteiger partial charge in [0.15, 0.2) is 11.6 Å². The predicted octanol–water partition coefficient (Wildman–Crippen LogP) is 6.07. The van der Waals surface area contributed by atoms with E-state index in [1.807, 2.05) is 44.2 Å². The van der Waals surface area contributed by atoms with E-state index in [1.54, 1.807) is 13.8 Å². The van der Waals surface area contributed by atoms with Crippen molar-refractivity contribution in [1.82, 2.24) is 4.90 Å². The zero-order chi connectivity index (χ0) is 30.2. The summed E-state index contributed by atoms with van der Waals surface area (Å²) in [7, 11) is 0. The number of ether oxygens (including phenoxy) is 2. The molecule has 0 saturated carbocycles. The molecule has 9 heteroatoms. The number of imide groups is 1. The van der Waals surface area contributed by atoms with Gasteiger partial charge < -0.3 is 19.7 Å². The Morgan fingerprint density at radius 1 is 1.00 bits per heavy atom. The molecule has 4 atom stereocenters. The maximum Gasteiger partial charge on any atom is 0.417 e. The number of aliphatic hydroxyl groups excluding tert-OH is 1. The number of halogens is 1. The van der Waals surface area contributed by atoms with E-state index in [0.29, 0.717) is 6.42 Å². The Kier molecular flexibility index (Phi) is 12.1. The minimum absolute atomic E-state index is 0.0820. The van der Waals surface area contributed by atoms with Gasteiger partial charge in [-0.25, -0.2) is 9.69 Å². The number of carbonyl (C=O) groups is 3. The lowest BCUT2D eigenvalue weighted by Crippen LogP contribution is -2.55. The summed E-state index contributed by atoms with van der Waals surface area (Å²) in [4.78, 5) is 41.7. The third kappa shape index (κ3) is 8.49. The Balaban J connectivity index is 1.79. The molecule has 2 aliphatic heterocycles. The van der Waals surface area contributed by atoms with Crippen LogP contribution in [0.25, 0.3) is 0 Å². The van der Waals surface area contributed by atoms with Crippen LogP contribution in [0.2, 0.25) is 0 Å². The van der Waals surface area contributed by atoms with Gasteiger partial charge in [-0.1, -0.05) is 82.7 Å². The van der Waals surface area contributed by atoms with E-state index >= 15 is 0 Å². The summed E-state index contributed by atoms with van der Waals surface area (Å²) >= 11 is 3.34. The second-order valence-corrected chi connectivity index (χ2v) is 13.0. The standard InChI is InChI=1S/C32H46BrNO7/c1-22(2)28-31(3,4)41-30(38)34(28)29(37)24(20-23-16-12-11-13-17-23)27-25(36)21-26(33)32(39,40-27)18-14-9-7-5-6-8-10-15-19-35/h11-13,16-17,21-22,24,27-28,35,39H,5-10,14-15,18-20H2,1-4H3/t24-,27-,28-,32+/m1/s1. The summed E-state index contributed by atoms with van der Waals surface area (Å²) in [5.41, 5.74) is -0.0793. The maximum atomic E-state index is 14.2. The number of carbonyl (C=O) groups excluding carboxylic acids is 3. The largest absolute Gasteiger partial charge is 0.441 e. The van der Waals surface area contributed by atoms with Crippen molar-refractivity contribution >= 4 is 33.7 Å². The lowest BCUT2D eigenvalue weighted by molar-refractivity contribution is -0.218. The summed E-state index contributed by atoms with van der Waals surface area (Å²) in [5.74, 6) is -3.86. The quantitative estimate of drug-likeness (QED) is 0.225. The van der Waals surface area contributed by atoms with Crippen LogP contribution in [0.1, 0.15) is 91.0 Å². The minimum Gasteiger partial charge on any atom is -0.441 e. The fourth-order valence-electron chi connectivity index (χ4n) is 6.10. The summed E-state index contributed by atoms with van der Waals surface area (Å²) in [6.45, 7) is 7.66. The lowest BCUT2D eigenvalue weighted by Gasteiger charge is -2.39. The van der Waals surface area contributed by atoms with Crippen LogP contribution in [0.15, 0.2) is 40.9 Å². The van der Waals surface area contributed by atoms with E-state index in [2.05, 4.69) is 15.9 Å². The number of hydrogen-bond donors (Lipinski definition) is 2. The molecule has 0 radical (unpaired) electrons. The smallest absolute Gasteiger partial charge is 0.417 e. The number of nitrogens with zero attached hydrogens (tertiary/aromatic N) is 1. The highest BCUT2D eigenvalue weighted by molar-refractivity contribution is 9.11. The second-order valence-electron chi connectivity index (χ2n) is 12.2. The van der Waals surface area contributed by atoms with Gasteiger partial charge in [-0.2, -0.15) is 0 Å². The molecule has 1 fully saturated rings. The number of rotatable bonds is 15.